The van der Waals surface area contributed by atoms with Crippen LogP contribution in [0.1, 0.15) is 29.4 Å². The quantitative estimate of drug-likeness (QED) is 0.765. The van der Waals surface area contributed by atoms with E-state index in [0.717, 1.165) is 5.13 Å². The summed E-state index contributed by atoms with van der Waals surface area (Å²) in [4.78, 5) is 15.3. The molecule has 1 aliphatic carbocycles. The molecule has 4 nitrogen and oxygen atoms in total. The SMILES string of the molecule is CC1(Nc2ncc(C(N)=O)s2)CC1. The molecule has 0 saturated heterocycles. The molecule has 0 bridgehead atoms. The molecule has 0 aliphatic heterocycles. The summed E-state index contributed by atoms with van der Waals surface area (Å²) in [6.07, 6.45) is 3.85. The maximum atomic E-state index is 10.8. The number of aromatic nitrogens is 1. The Labute approximate surface area is 80.2 Å². The van der Waals surface area contributed by atoms with E-state index in [1.54, 1.807) is 0 Å². The van der Waals surface area contributed by atoms with E-state index in [1.807, 2.05) is 0 Å². The van der Waals surface area contributed by atoms with Crippen LogP contribution >= 0.6 is 11.3 Å². The second-order valence-corrected chi connectivity index (χ2v) is 4.61. The van der Waals surface area contributed by atoms with E-state index in [1.165, 1.54) is 30.4 Å². The predicted octanol–water partition coefficient (Wildman–Crippen LogP) is 1.21. The number of thiazole rings is 1. The first kappa shape index (κ1) is 8.50. The highest BCUT2D eigenvalue weighted by Crippen LogP contribution is 2.38. The van der Waals surface area contributed by atoms with Gasteiger partial charge in [-0.2, -0.15) is 0 Å². The Kier molecular flexibility index (Phi) is 1.76. The fourth-order valence-electron chi connectivity index (χ4n) is 1.02. The summed E-state index contributed by atoms with van der Waals surface area (Å²) in [7, 11) is 0. The zero-order valence-corrected chi connectivity index (χ0v) is 8.15. The molecule has 0 radical (unpaired) electrons. The van der Waals surface area contributed by atoms with Crippen LogP contribution < -0.4 is 11.1 Å². The van der Waals surface area contributed by atoms with Crippen molar-refractivity contribution in [3.8, 4) is 0 Å². The maximum absolute atomic E-state index is 10.8. The van der Waals surface area contributed by atoms with Gasteiger partial charge in [-0.25, -0.2) is 4.98 Å². The molecule has 13 heavy (non-hydrogen) atoms. The average molecular weight is 197 g/mol. The van der Waals surface area contributed by atoms with Gasteiger partial charge >= 0.3 is 0 Å². The molecule has 1 amide bonds. The van der Waals surface area contributed by atoms with Gasteiger partial charge in [-0.05, 0) is 19.8 Å². The molecule has 0 atom stereocenters. The third kappa shape index (κ3) is 1.80. The van der Waals surface area contributed by atoms with Gasteiger partial charge in [-0.15, -0.1) is 0 Å². The maximum Gasteiger partial charge on any atom is 0.260 e. The third-order valence-corrected chi connectivity index (χ3v) is 3.08. The number of anilines is 1. The van der Waals surface area contributed by atoms with E-state index >= 15 is 0 Å². The van der Waals surface area contributed by atoms with Gasteiger partial charge in [-0.1, -0.05) is 11.3 Å². The van der Waals surface area contributed by atoms with E-state index in [0.29, 0.717) is 4.88 Å². The number of nitrogens with two attached hydrogens (primary N) is 1. The summed E-state index contributed by atoms with van der Waals surface area (Å²) in [5.74, 6) is -0.411. The van der Waals surface area contributed by atoms with Crippen LogP contribution in [0.2, 0.25) is 0 Å². The third-order valence-electron chi connectivity index (χ3n) is 2.16. The van der Waals surface area contributed by atoms with Crippen molar-refractivity contribution in [1.82, 2.24) is 4.98 Å². The van der Waals surface area contributed by atoms with E-state index in [-0.39, 0.29) is 5.54 Å². The summed E-state index contributed by atoms with van der Waals surface area (Å²) in [5.41, 5.74) is 5.31. The van der Waals surface area contributed by atoms with Gasteiger partial charge in [-0.3, -0.25) is 4.79 Å². The first-order valence-corrected chi connectivity index (χ1v) is 4.95. The van der Waals surface area contributed by atoms with Crippen molar-refractivity contribution in [3.05, 3.63) is 11.1 Å². The molecular weight excluding hydrogens is 186 g/mol. The summed E-state index contributed by atoms with van der Waals surface area (Å²) in [5, 5.41) is 4.05. The van der Waals surface area contributed by atoms with E-state index in [2.05, 4.69) is 17.2 Å². The van der Waals surface area contributed by atoms with Crippen LogP contribution in [0.5, 0.6) is 0 Å². The summed E-state index contributed by atoms with van der Waals surface area (Å²) < 4.78 is 0. The average Bonchev–Trinajstić information content (AvgIpc) is 2.62. The molecule has 0 aromatic carbocycles. The van der Waals surface area contributed by atoms with Crippen LogP contribution in [0.3, 0.4) is 0 Å². The van der Waals surface area contributed by atoms with Crippen molar-refractivity contribution in [1.29, 1.82) is 0 Å². The standard InChI is InChI=1S/C8H11N3OS/c1-8(2-3-8)11-7-10-4-5(13-7)6(9)12/h4H,2-3H2,1H3,(H2,9,12)(H,10,11). The highest BCUT2D eigenvalue weighted by atomic mass is 32.1. The summed E-state index contributed by atoms with van der Waals surface area (Å²) in [6, 6.07) is 0. The Morgan fingerprint density at radius 1 is 1.77 bits per heavy atom. The van der Waals surface area contributed by atoms with Crippen molar-refractivity contribution >= 4 is 22.4 Å². The molecule has 1 aromatic heterocycles. The van der Waals surface area contributed by atoms with Crippen molar-refractivity contribution in [2.24, 2.45) is 5.73 Å². The van der Waals surface area contributed by atoms with Gasteiger partial charge in [0.1, 0.15) is 4.88 Å². The molecule has 70 valence electrons. The van der Waals surface area contributed by atoms with Crippen molar-refractivity contribution in [2.75, 3.05) is 5.32 Å². The lowest BCUT2D eigenvalue weighted by molar-refractivity contribution is 0.100. The molecule has 3 N–H and O–H groups in total. The molecule has 1 aliphatic rings. The minimum Gasteiger partial charge on any atom is -0.365 e. The molecule has 2 rings (SSSR count). The van der Waals surface area contributed by atoms with Crippen molar-refractivity contribution in [2.45, 2.75) is 25.3 Å². The van der Waals surface area contributed by atoms with Crippen LogP contribution in [-0.4, -0.2) is 16.4 Å². The highest BCUT2D eigenvalue weighted by Gasteiger charge is 2.37. The molecule has 1 fully saturated rings. The van der Waals surface area contributed by atoms with Gasteiger partial charge < -0.3 is 11.1 Å². The van der Waals surface area contributed by atoms with Gasteiger partial charge in [0.15, 0.2) is 5.13 Å². The highest BCUT2D eigenvalue weighted by molar-refractivity contribution is 7.17. The Morgan fingerprint density at radius 3 is 2.92 bits per heavy atom. The first-order chi connectivity index (χ1) is 6.09. The first-order valence-electron chi connectivity index (χ1n) is 4.13. The lowest BCUT2D eigenvalue weighted by atomic mass is 10.3. The van der Waals surface area contributed by atoms with Gasteiger partial charge in [0.25, 0.3) is 5.91 Å². The molecule has 1 aromatic rings. The smallest absolute Gasteiger partial charge is 0.260 e. The monoisotopic (exact) mass is 197 g/mol. The van der Waals surface area contributed by atoms with Crippen LogP contribution in [0, 0.1) is 0 Å². The minimum absolute atomic E-state index is 0.201. The van der Waals surface area contributed by atoms with Gasteiger partial charge in [0, 0.05) is 5.54 Å². The number of rotatable bonds is 3. The minimum atomic E-state index is -0.411. The number of nitrogens with zero attached hydrogens (tertiary/aromatic N) is 1. The Hall–Kier alpha value is -1.10. The Bertz CT molecular complexity index is 343. The molecule has 1 heterocycles. The van der Waals surface area contributed by atoms with Gasteiger partial charge in [0.2, 0.25) is 0 Å². The molecule has 0 unspecified atom stereocenters. The van der Waals surface area contributed by atoms with Gasteiger partial charge in [0.05, 0.1) is 6.20 Å². The van der Waals surface area contributed by atoms with E-state index in [9.17, 15) is 4.79 Å². The van der Waals surface area contributed by atoms with E-state index < -0.39 is 5.91 Å². The van der Waals surface area contributed by atoms with Crippen LogP contribution in [-0.2, 0) is 0 Å². The molecule has 5 heteroatoms. The molecular formula is C8H11N3OS. The number of hydrogen-bond acceptors (Lipinski definition) is 4. The number of primary amides is 1. The number of amides is 1. The molecule has 0 spiro atoms. The lowest BCUT2D eigenvalue weighted by Gasteiger charge is -2.08. The largest absolute Gasteiger partial charge is 0.365 e. The Balaban J connectivity index is 2.09. The second kappa shape index (κ2) is 2.70. The second-order valence-electron chi connectivity index (χ2n) is 3.58. The summed E-state index contributed by atoms with van der Waals surface area (Å²) >= 11 is 1.31. The number of hydrogen-bond donors (Lipinski definition) is 2. The molecule has 1 saturated carbocycles. The van der Waals surface area contributed by atoms with Crippen molar-refractivity contribution in [3.63, 3.8) is 0 Å². The van der Waals surface area contributed by atoms with E-state index in [4.69, 9.17) is 5.73 Å². The van der Waals surface area contributed by atoms with Crippen LogP contribution in [0.4, 0.5) is 5.13 Å². The van der Waals surface area contributed by atoms with Crippen LogP contribution in [0.15, 0.2) is 6.20 Å². The zero-order valence-electron chi connectivity index (χ0n) is 7.33. The topological polar surface area (TPSA) is 68.0 Å². The van der Waals surface area contributed by atoms with Crippen LogP contribution in [0.25, 0.3) is 0 Å². The number of carbonyl (C=O) groups is 1. The summed E-state index contributed by atoms with van der Waals surface area (Å²) in [6.45, 7) is 2.14. The fraction of sp³-hybridized carbons (Fsp3) is 0.500. The lowest BCUT2D eigenvalue weighted by Crippen LogP contribution is -2.15. The number of carbonyl (C=O) groups excluding carboxylic acids is 1. The number of nitrogens with one attached hydrogen (secondary N) is 1. The van der Waals surface area contributed by atoms with Crippen molar-refractivity contribution < 1.29 is 4.79 Å². The Morgan fingerprint density at radius 2 is 2.46 bits per heavy atom. The zero-order chi connectivity index (χ0) is 9.47. The normalized spacial score (nSPS) is 18.2. The fourth-order valence-corrected chi connectivity index (χ4v) is 1.83. The predicted molar refractivity (Wildman–Crippen MR) is 51.9 cm³/mol.